The quantitative estimate of drug-likeness (QED) is 0.453. The van der Waals surface area contributed by atoms with E-state index in [-0.39, 0.29) is 5.91 Å². The number of anilines is 2. The van der Waals surface area contributed by atoms with E-state index in [0.717, 1.165) is 25.1 Å². The van der Waals surface area contributed by atoms with Crippen LogP contribution in [0.4, 0.5) is 11.4 Å². The normalized spacial score (nSPS) is 10.5. The van der Waals surface area contributed by atoms with Gasteiger partial charge in [0, 0.05) is 12.2 Å². The number of carbonyl (C=O) groups excluding carboxylic acids is 1. The standard InChI is InChI=1S/C16H25N3O2/c1-5-16(20)19(11-7-6-10-18(2)3)13-8-9-15(21-4)14(17)12-13/h5,8-9,12H,1,6-7,10-11,17H2,2-4H3. The Balaban J connectivity index is 2.80. The number of carbonyl (C=O) groups is 1. The number of nitrogen functional groups attached to an aromatic ring is 1. The molecule has 0 aliphatic carbocycles. The van der Waals surface area contributed by atoms with Crippen LogP contribution in [0, 0.1) is 0 Å². The van der Waals surface area contributed by atoms with Gasteiger partial charge in [0.1, 0.15) is 5.75 Å². The maximum absolute atomic E-state index is 12.0. The van der Waals surface area contributed by atoms with E-state index in [1.807, 2.05) is 20.2 Å². The van der Waals surface area contributed by atoms with Crippen LogP contribution in [0.5, 0.6) is 5.75 Å². The average Bonchev–Trinajstić information content (AvgIpc) is 2.46. The molecule has 0 bridgehead atoms. The molecule has 0 unspecified atom stereocenters. The Hall–Kier alpha value is -2.01. The van der Waals surface area contributed by atoms with Crippen molar-refractivity contribution >= 4 is 17.3 Å². The summed E-state index contributed by atoms with van der Waals surface area (Å²) in [5.41, 5.74) is 7.20. The van der Waals surface area contributed by atoms with Crippen molar-refractivity contribution in [2.45, 2.75) is 12.8 Å². The Kier molecular flexibility index (Phi) is 6.75. The number of ether oxygens (including phenoxy) is 1. The largest absolute Gasteiger partial charge is 0.495 e. The van der Waals surface area contributed by atoms with Gasteiger partial charge < -0.3 is 20.3 Å². The molecule has 0 fully saturated rings. The molecule has 0 aliphatic rings. The lowest BCUT2D eigenvalue weighted by Crippen LogP contribution is -2.30. The summed E-state index contributed by atoms with van der Waals surface area (Å²) in [5.74, 6) is 0.488. The fourth-order valence-corrected chi connectivity index (χ4v) is 2.06. The minimum Gasteiger partial charge on any atom is -0.495 e. The van der Waals surface area contributed by atoms with Crippen LogP contribution in [-0.2, 0) is 4.79 Å². The van der Waals surface area contributed by atoms with Crippen LogP contribution < -0.4 is 15.4 Å². The molecule has 1 aromatic carbocycles. The average molecular weight is 291 g/mol. The number of benzene rings is 1. The summed E-state index contributed by atoms with van der Waals surface area (Å²) in [7, 11) is 5.65. The summed E-state index contributed by atoms with van der Waals surface area (Å²) < 4.78 is 5.14. The van der Waals surface area contributed by atoms with E-state index >= 15 is 0 Å². The first-order chi connectivity index (χ1) is 9.99. The highest BCUT2D eigenvalue weighted by atomic mass is 16.5. The van der Waals surface area contributed by atoms with Crippen LogP contribution in [0.1, 0.15) is 12.8 Å². The van der Waals surface area contributed by atoms with Crippen LogP contribution in [0.3, 0.4) is 0 Å². The van der Waals surface area contributed by atoms with Gasteiger partial charge in [-0.05, 0) is 57.8 Å². The second-order valence-electron chi connectivity index (χ2n) is 5.13. The van der Waals surface area contributed by atoms with Gasteiger partial charge in [0.25, 0.3) is 0 Å². The zero-order valence-corrected chi connectivity index (χ0v) is 13.1. The molecule has 1 amide bonds. The molecule has 0 aliphatic heterocycles. The minimum atomic E-state index is -0.121. The molecule has 0 saturated carbocycles. The summed E-state index contributed by atoms with van der Waals surface area (Å²) >= 11 is 0. The molecular weight excluding hydrogens is 266 g/mol. The molecule has 0 atom stereocenters. The molecule has 5 nitrogen and oxygen atoms in total. The Labute approximate surface area is 127 Å². The lowest BCUT2D eigenvalue weighted by atomic mass is 10.2. The van der Waals surface area contributed by atoms with Crippen molar-refractivity contribution in [3.63, 3.8) is 0 Å². The van der Waals surface area contributed by atoms with Gasteiger partial charge in [-0.1, -0.05) is 6.58 Å². The predicted octanol–water partition coefficient (Wildman–Crippen LogP) is 2.14. The molecule has 0 spiro atoms. The van der Waals surface area contributed by atoms with Gasteiger partial charge in [0.15, 0.2) is 0 Å². The van der Waals surface area contributed by atoms with Crippen molar-refractivity contribution in [2.24, 2.45) is 0 Å². The minimum absolute atomic E-state index is 0.121. The van der Waals surface area contributed by atoms with Gasteiger partial charge in [-0.15, -0.1) is 0 Å². The van der Waals surface area contributed by atoms with E-state index in [0.29, 0.717) is 18.0 Å². The first kappa shape index (κ1) is 17.0. The number of amides is 1. The Morgan fingerprint density at radius 1 is 1.33 bits per heavy atom. The molecule has 116 valence electrons. The SMILES string of the molecule is C=CC(=O)N(CCCCN(C)C)c1ccc(OC)c(N)c1. The summed E-state index contributed by atoms with van der Waals surface area (Å²) in [6.07, 6.45) is 3.27. The van der Waals surface area contributed by atoms with Crippen molar-refractivity contribution < 1.29 is 9.53 Å². The maximum atomic E-state index is 12.0. The van der Waals surface area contributed by atoms with Crippen molar-refractivity contribution in [1.82, 2.24) is 4.90 Å². The first-order valence-corrected chi connectivity index (χ1v) is 7.01. The zero-order valence-electron chi connectivity index (χ0n) is 13.1. The van der Waals surface area contributed by atoms with E-state index in [9.17, 15) is 4.79 Å². The number of hydrogen-bond acceptors (Lipinski definition) is 4. The van der Waals surface area contributed by atoms with Crippen molar-refractivity contribution in [2.75, 3.05) is 44.9 Å². The van der Waals surface area contributed by atoms with E-state index < -0.39 is 0 Å². The fourth-order valence-electron chi connectivity index (χ4n) is 2.06. The van der Waals surface area contributed by atoms with E-state index in [1.54, 1.807) is 24.1 Å². The molecule has 0 radical (unpaired) electrons. The van der Waals surface area contributed by atoms with Gasteiger partial charge in [0.2, 0.25) is 5.91 Å². The highest BCUT2D eigenvalue weighted by molar-refractivity contribution is 6.01. The summed E-state index contributed by atoms with van der Waals surface area (Å²) in [6.45, 7) is 5.21. The first-order valence-electron chi connectivity index (χ1n) is 7.01. The van der Waals surface area contributed by atoms with E-state index in [1.165, 1.54) is 6.08 Å². The third-order valence-electron chi connectivity index (χ3n) is 3.20. The third kappa shape index (κ3) is 5.11. The number of rotatable bonds is 8. The second-order valence-corrected chi connectivity index (χ2v) is 5.13. The smallest absolute Gasteiger partial charge is 0.250 e. The van der Waals surface area contributed by atoms with Gasteiger partial charge in [-0.2, -0.15) is 0 Å². The Bertz CT molecular complexity index is 486. The van der Waals surface area contributed by atoms with Crippen molar-refractivity contribution in [3.05, 3.63) is 30.9 Å². The number of methoxy groups -OCH3 is 1. The predicted molar refractivity (Wildman–Crippen MR) is 87.7 cm³/mol. The topological polar surface area (TPSA) is 58.8 Å². The number of unbranched alkanes of at least 4 members (excludes halogenated alkanes) is 1. The highest BCUT2D eigenvalue weighted by Gasteiger charge is 2.14. The molecule has 0 saturated heterocycles. The molecule has 0 heterocycles. The number of hydrogen-bond donors (Lipinski definition) is 1. The summed E-state index contributed by atoms with van der Waals surface area (Å²) in [5, 5.41) is 0. The zero-order chi connectivity index (χ0) is 15.8. The van der Waals surface area contributed by atoms with E-state index in [4.69, 9.17) is 10.5 Å². The highest BCUT2D eigenvalue weighted by Crippen LogP contribution is 2.27. The molecule has 5 heteroatoms. The van der Waals surface area contributed by atoms with Gasteiger partial charge >= 0.3 is 0 Å². The molecule has 1 rings (SSSR count). The van der Waals surface area contributed by atoms with Crippen LogP contribution in [-0.4, -0.2) is 45.1 Å². The molecule has 1 aromatic rings. The maximum Gasteiger partial charge on any atom is 0.250 e. The molecular formula is C16H25N3O2. The Morgan fingerprint density at radius 3 is 2.52 bits per heavy atom. The van der Waals surface area contributed by atoms with Crippen LogP contribution in [0.25, 0.3) is 0 Å². The fraction of sp³-hybridized carbons (Fsp3) is 0.438. The monoisotopic (exact) mass is 291 g/mol. The van der Waals surface area contributed by atoms with Gasteiger partial charge in [-0.3, -0.25) is 4.79 Å². The van der Waals surface area contributed by atoms with E-state index in [2.05, 4.69) is 11.5 Å². The Morgan fingerprint density at radius 2 is 2.00 bits per heavy atom. The van der Waals surface area contributed by atoms with Crippen molar-refractivity contribution in [1.29, 1.82) is 0 Å². The third-order valence-corrected chi connectivity index (χ3v) is 3.20. The number of nitrogens with zero attached hydrogens (tertiary/aromatic N) is 2. The van der Waals surface area contributed by atoms with Gasteiger partial charge in [0.05, 0.1) is 12.8 Å². The summed E-state index contributed by atoms with van der Waals surface area (Å²) in [6, 6.07) is 5.36. The molecule has 0 aromatic heterocycles. The van der Waals surface area contributed by atoms with Crippen molar-refractivity contribution in [3.8, 4) is 5.75 Å². The second kappa shape index (κ2) is 8.32. The summed E-state index contributed by atoms with van der Waals surface area (Å²) in [4.78, 5) is 15.9. The van der Waals surface area contributed by atoms with Crippen LogP contribution in [0.15, 0.2) is 30.9 Å². The van der Waals surface area contributed by atoms with Crippen LogP contribution in [0.2, 0.25) is 0 Å². The number of nitrogens with two attached hydrogens (primary N) is 1. The molecule has 2 N–H and O–H groups in total. The van der Waals surface area contributed by atoms with Crippen LogP contribution >= 0.6 is 0 Å². The lowest BCUT2D eigenvalue weighted by molar-refractivity contribution is -0.114. The lowest BCUT2D eigenvalue weighted by Gasteiger charge is -2.22. The molecule has 21 heavy (non-hydrogen) atoms. The van der Waals surface area contributed by atoms with Gasteiger partial charge in [-0.25, -0.2) is 0 Å².